The van der Waals surface area contributed by atoms with Gasteiger partial charge < -0.3 is 14.4 Å². The van der Waals surface area contributed by atoms with Crippen LogP contribution in [0.4, 0.5) is 0 Å². The zero-order valence-corrected chi connectivity index (χ0v) is 17.1. The largest absolute Gasteiger partial charge is 0.493 e. The van der Waals surface area contributed by atoms with Gasteiger partial charge in [0.1, 0.15) is 0 Å². The lowest BCUT2D eigenvalue weighted by Crippen LogP contribution is -2.41. The Kier molecular flexibility index (Phi) is 5.86. The fraction of sp³-hybridized carbons (Fsp3) is 0.375. The van der Waals surface area contributed by atoms with Crippen molar-refractivity contribution in [2.24, 2.45) is 0 Å². The van der Waals surface area contributed by atoms with Gasteiger partial charge in [-0.2, -0.15) is 0 Å². The zero-order chi connectivity index (χ0) is 20.2. The number of carbonyl (C=O) groups excluding carboxylic acids is 1. The average molecular weight is 392 g/mol. The summed E-state index contributed by atoms with van der Waals surface area (Å²) in [4.78, 5) is 17.2. The highest BCUT2D eigenvalue weighted by atomic mass is 16.5. The van der Waals surface area contributed by atoms with Crippen molar-refractivity contribution in [2.75, 3.05) is 33.9 Å². The second kappa shape index (κ2) is 8.70. The van der Waals surface area contributed by atoms with E-state index >= 15 is 0 Å². The summed E-state index contributed by atoms with van der Waals surface area (Å²) in [5, 5.41) is 0. The molecular weight excluding hydrogens is 364 g/mol. The Labute approximate surface area is 172 Å². The third-order valence-electron chi connectivity index (χ3n) is 5.98. The lowest BCUT2D eigenvalue weighted by molar-refractivity contribution is -0.125. The zero-order valence-electron chi connectivity index (χ0n) is 17.1. The SMILES string of the molecule is COc1ccc(C=CC(=O)N2CCC(N3CCc4ccccc4C3)C2)cc1OC. The van der Waals surface area contributed by atoms with E-state index in [1.54, 1.807) is 20.3 Å². The molecule has 0 aliphatic carbocycles. The van der Waals surface area contributed by atoms with Gasteiger partial charge in [-0.25, -0.2) is 0 Å². The van der Waals surface area contributed by atoms with E-state index < -0.39 is 0 Å². The lowest BCUT2D eigenvalue weighted by atomic mass is 9.98. The molecule has 29 heavy (non-hydrogen) atoms. The molecule has 1 fully saturated rings. The Bertz CT molecular complexity index is 909. The molecule has 1 atom stereocenters. The fourth-order valence-corrected chi connectivity index (χ4v) is 4.30. The maximum Gasteiger partial charge on any atom is 0.246 e. The van der Waals surface area contributed by atoms with Crippen LogP contribution in [0.3, 0.4) is 0 Å². The Balaban J connectivity index is 1.36. The van der Waals surface area contributed by atoms with Gasteiger partial charge in [0, 0.05) is 38.3 Å². The second-order valence-electron chi connectivity index (χ2n) is 7.66. The van der Waals surface area contributed by atoms with E-state index in [-0.39, 0.29) is 5.91 Å². The van der Waals surface area contributed by atoms with Crippen molar-refractivity contribution in [3.8, 4) is 11.5 Å². The molecule has 0 radical (unpaired) electrons. The molecule has 0 bridgehead atoms. The van der Waals surface area contributed by atoms with Crippen LogP contribution < -0.4 is 9.47 Å². The van der Waals surface area contributed by atoms with Gasteiger partial charge in [-0.15, -0.1) is 0 Å². The van der Waals surface area contributed by atoms with Crippen molar-refractivity contribution in [3.05, 3.63) is 65.2 Å². The van der Waals surface area contributed by atoms with E-state index in [0.29, 0.717) is 17.5 Å². The fourth-order valence-electron chi connectivity index (χ4n) is 4.30. The van der Waals surface area contributed by atoms with Gasteiger partial charge in [0.05, 0.1) is 14.2 Å². The Morgan fingerprint density at radius 1 is 1.03 bits per heavy atom. The first-order valence-electron chi connectivity index (χ1n) is 10.2. The normalized spacial score (nSPS) is 19.4. The third kappa shape index (κ3) is 4.30. The van der Waals surface area contributed by atoms with E-state index in [1.165, 1.54) is 11.1 Å². The van der Waals surface area contributed by atoms with Gasteiger partial charge in [0.15, 0.2) is 11.5 Å². The molecule has 152 valence electrons. The molecule has 2 aromatic carbocycles. The van der Waals surface area contributed by atoms with Gasteiger partial charge in [0.25, 0.3) is 0 Å². The van der Waals surface area contributed by atoms with Crippen LogP contribution in [0, 0.1) is 0 Å². The Morgan fingerprint density at radius 3 is 2.62 bits per heavy atom. The number of benzene rings is 2. The lowest BCUT2D eigenvalue weighted by Gasteiger charge is -2.33. The maximum absolute atomic E-state index is 12.7. The molecule has 1 unspecified atom stereocenters. The molecule has 5 nitrogen and oxygen atoms in total. The first-order valence-corrected chi connectivity index (χ1v) is 10.2. The molecule has 5 heteroatoms. The molecule has 1 amide bonds. The van der Waals surface area contributed by atoms with Crippen LogP contribution in [0.1, 0.15) is 23.1 Å². The molecule has 1 saturated heterocycles. The molecule has 0 aromatic heterocycles. The monoisotopic (exact) mass is 392 g/mol. The number of methoxy groups -OCH3 is 2. The summed E-state index contributed by atoms with van der Waals surface area (Å²) in [6.45, 7) is 3.69. The van der Waals surface area contributed by atoms with E-state index in [4.69, 9.17) is 9.47 Å². The van der Waals surface area contributed by atoms with E-state index in [0.717, 1.165) is 44.6 Å². The average Bonchev–Trinajstić information content (AvgIpc) is 3.27. The van der Waals surface area contributed by atoms with Crippen LogP contribution in [-0.2, 0) is 17.8 Å². The summed E-state index contributed by atoms with van der Waals surface area (Å²) in [7, 11) is 3.22. The summed E-state index contributed by atoms with van der Waals surface area (Å²) in [5.74, 6) is 1.41. The number of fused-ring (bicyclic) bond motifs is 1. The molecule has 0 spiro atoms. The second-order valence-corrected chi connectivity index (χ2v) is 7.66. The van der Waals surface area contributed by atoms with E-state index in [1.807, 2.05) is 29.2 Å². The standard InChI is InChI=1S/C24H28N2O3/c1-28-22-9-7-18(15-23(22)29-2)8-10-24(27)26-14-12-21(17-26)25-13-11-19-5-3-4-6-20(19)16-25/h3-10,15,21H,11-14,16-17H2,1-2H3. The van der Waals surface area contributed by atoms with Gasteiger partial charge in [-0.1, -0.05) is 30.3 Å². The first kappa shape index (κ1) is 19.5. The summed E-state index contributed by atoms with van der Waals surface area (Å²) < 4.78 is 10.6. The molecule has 2 aromatic rings. The molecule has 2 heterocycles. The number of carbonyl (C=O) groups is 1. The van der Waals surface area contributed by atoms with Crippen LogP contribution in [-0.4, -0.2) is 55.6 Å². The van der Waals surface area contributed by atoms with Crippen LogP contribution in [0.15, 0.2) is 48.5 Å². The highest BCUT2D eigenvalue weighted by molar-refractivity contribution is 5.92. The van der Waals surface area contributed by atoms with Crippen LogP contribution in [0.2, 0.25) is 0 Å². The maximum atomic E-state index is 12.7. The number of hydrogen-bond acceptors (Lipinski definition) is 4. The third-order valence-corrected chi connectivity index (χ3v) is 5.98. The number of nitrogens with zero attached hydrogens (tertiary/aromatic N) is 2. The molecule has 4 rings (SSSR count). The van der Waals surface area contributed by atoms with Crippen LogP contribution in [0.5, 0.6) is 11.5 Å². The minimum Gasteiger partial charge on any atom is -0.493 e. The van der Waals surface area contributed by atoms with Crippen molar-refractivity contribution in [1.29, 1.82) is 0 Å². The highest BCUT2D eigenvalue weighted by Crippen LogP contribution is 2.28. The van der Waals surface area contributed by atoms with Crippen molar-refractivity contribution in [2.45, 2.75) is 25.4 Å². The van der Waals surface area contributed by atoms with Gasteiger partial charge >= 0.3 is 0 Å². The molecule has 2 aliphatic rings. The van der Waals surface area contributed by atoms with Crippen molar-refractivity contribution in [3.63, 3.8) is 0 Å². The summed E-state index contributed by atoms with van der Waals surface area (Å²) >= 11 is 0. The van der Waals surface area contributed by atoms with Crippen LogP contribution in [0.25, 0.3) is 6.08 Å². The predicted molar refractivity (Wildman–Crippen MR) is 114 cm³/mol. The quantitative estimate of drug-likeness (QED) is 0.732. The molecule has 0 N–H and O–H groups in total. The van der Waals surface area contributed by atoms with Gasteiger partial charge in [-0.3, -0.25) is 9.69 Å². The van der Waals surface area contributed by atoms with Gasteiger partial charge in [-0.05, 0) is 47.7 Å². The number of hydrogen-bond donors (Lipinski definition) is 0. The number of rotatable bonds is 5. The van der Waals surface area contributed by atoms with Crippen molar-refractivity contribution >= 4 is 12.0 Å². The van der Waals surface area contributed by atoms with E-state index in [2.05, 4.69) is 29.2 Å². The van der Waals surface area contributed by atoms with E-state index in [9.17, 15) is 4.79 Å². The Morgan fingerprint density at radius 2 is 1.83 bits per heavy atom. The Hall–Kier alpha value is -2.79. The predicted octanol–water partition coefficient (Wildman–Crippen LogP) is 3.38. The highest BCUT2D eigenvalue weighted by Gasteiger charge is 2.31. The summed E-state index contributed by atoms with van der Waals surface area (Å²) in [5.41, 5.74) is 3.81. The van der Waals surface area contributed by atoms with Crippen molar-refractivity contribution < 1.29 is 14.3 Å². The smallest absolute Gasteiger partial charge is 0.246 e. The number of amides is 1. The minimum absolute atomic E-state index is 0.0692. The van der Waals surface area contributed by atoms with Crippen LogP contribution >= 0.6 is 0 Å². The van der Waals surface area contributed by atoms with Crippen molar-refractivity contribution in [1.82, 2.24) is 9.80 Å². The summed E-state index contributed by atoms with van der Waals surface area (Å²) in [6, 6.07) is 14.8. The molecular formula is C24H28N2O3. The molecule has 0 saturated carbocycles. The van der Waals surface area contributed by atoms with Gasteiger partial charge in [0.2, 0.25) is 5.91 Å². The number of ether oxygens (including phenoxy) is 2. The molecule has 2 aliphatic heterocycles. The number of likely N-dealkylation sites (tertiary alicyclic amines) is 1. The minimum atomic E-state index is 0.0692. The first-order chi connectivity index (χ1) is 14.2. The summed E-state index contributed by atoms with van der Waals surface area (Å²) in [6.07, 6.45) is 5.64. The topological polar surface area (TPSA) is 42.0 Å².